The highest BCUT2D eigenvalue weighted by atomic mass is 32.2. The molecule has 3 aromatic rings. The number of sulfonamides is 1. The second kappa shape index (κ2) is 8.04. The number of hydrogen-bond acceptors (Lipinski definition) is 7. The highest BCUT2D eigenvalue weighted by Gasteiger charge is 2.32. The summed E-state index contributed by atoms with van der Waals surface area (Å²) in [6.45, 7) is 2.16. The third-order valence-electron chi connectivity index (χ3n) is 5.22. The van der Waals surface area contributed by atoms with E-state index in [0.717, 1.165) is 0 Å². The van der Waals surface area contributed by atoms with Crippen molar-refractivity contribution >= 4 is 44.6 Å². The number of carbonyl (C=O) groups is 1. The van der Waals surface area contributed by atoms with E-state index in [1.54, 1.807) is 55.3 Å². The van der Waals surface area contributed by atoms with Crippen molar-refractivity contribution in [3.8, 4) is 5.75 Å². The van der Waals surface area contributed by atoms with Crippen LogP contribution in [0.2, 0.25) is 0 Å². The van der Waals surface area contributed by atoms with Crippen LogP contribution in [0.25, 0.3) is 0 Å². The lowest BCUT2D eigenvalue weighted by atomic mass is 10.2. The number of para-hydroxylation sites is 1. The molecular formula is C22H22N4O5S. The zero-order valence-corrected chi connectivity index (χ0v) is 18.5. The number of carboxylic acid groups (broad SMARTS) is 1. The molecule has 0 radical (unpaired) electrons. The maximum absolute atomic E-state index is 13.1. The minimum Gasteiger partial charge on any atom is -0.492 e. The Morgan fingerprint density at radius 3 is 2.56 bits per heavy atom. The number of rotatable bonds is 5. The number of anilines is 5. The van der Waals surface area contributed by atoms with Crippen molar-refractivity contribution < 1.29 is 23.1 Å². The van der Waals surface area contributed by atoms with Gasteiger partial charge in [0.05, 0.1) is 41.1 Å². The zero-order chi connectivity index (χ0) is 23.0. The van der Waals surface area contributed by atoms with Crippen LogP contribution in [0.15, 0.2) is 59.6 Å². The van der Waals surface area contributed by atoms with Crippen molar-refractivity contribution in [1.29, 1.82) is 0 Å². The van der Waals surface area contributed by atoms with Crippen LogP contribution >= 0.6 is 0 Å². The molecule has 32 heavy (non-hydrogen) atoms. The molecule has 0 atom stereocenters. The molecule has 0 bridgehead atoms. The molecule has 0 saturated carbocycles. The summed E-state index contributed by atoms with van der Waals surface area (Å²) in [6.07, 6.45) is 1.49. The molecule has 9 nitrogen and oxygen atoms in total. The number of fused-ring (bicyclic) bond motifs is 2. The van der Waals surface area contributed by atoms with Crippen LogP contribution < -0.4 is 19.3 Å². The number of ether oxygens (including phenoxy) is 1. The monoisotopic (exact) mass is 454 g/mol. The second-order valence-electron chi connectivity index (χ2n) is 7.13. The first-order chi connectivity index (χ1) is 15.2. The van der Waals surface area contributed by atoms with Crippen LogP contribution in [0.5, 0.6) is 5.75 Å². The highest BCUT2D eigenvalue weighted by Crippen LogP contribution is 2.43. The van der Waals surface area contributed by atoms with Crippen LogP contribution in [0.3, 0.4) is 0 Å². The van der Waals surface area contributed by atoms with E-state index < -0.39 is 16.0 Å². The first kappa shape index (κ1) is 21.4. The minimum absolute atomic E-state index is 0.108. The van der Waals surface area contributed by atoms with Gasteiger partial charge in [-0.3, -0.25) is 4.31 Å². The third-order valence-corrected chi connectivity index (χ3v) is 7.04. The zero-order valence-electron chi connectivity index (χ0n) is 17.7. The van der Waals surface area contributed by atoms with Crippen molar-refractivity contribution in [2.75, 3.05) is 35.2 Å². The SMILES string of the molecule is CCOc1cc(C(=O)O)ccc1Nc1cc2c(cn1)N(C)S(=O)(=O)c1ccccc1N2C. The Hall–Kier alpha value is -3.79. The maximum Gasteiger partial charge on any atom is 0.335 e. The Kier molecular flexibility index (Phi) is 5.39. The summed E-state index contributed by atoms with van der Waals surface area (Å²) >= 11 is 0. The van der Waals surface area contributed by atoms with E-state index in [1.807, 2.05) is 0 Å². The molecule has 0 fully saturated rings. The molecule has 0 spiro atoms. The normalized spacial score (nSPS) is 14.2. The van der Waals surface area contributed by atoms with E-state index in [-0.39, 0.29) is 10.5 Å². The smallest absolute Gasteiger partial charge is 0.335 e. The van der Waals surface area contributed by atoms with Crippen molar-refractivity contribution in [3.63, 3.8) is 0 Å². The van der Waals surface area contributed by atoms with Crippen LogP contribution in [0, 0.1) is 0 Å². The molecule has 0 unspecified atom stereocenters. The third kappa shape index (κ3) is 3.58. The number of hydrogen-bond donors (Lipinski definition) is 2. The molecule has 2 heterocycles. The number of benzene rings is 2. The Morgan fingerprint density at radius 2 is 1.84 bits per heavy atom. The average molecular weight is 455 g/mol. The number of nitrogens with zero attached hydrogens (tertiary/aromatic N) is 3. The fraction of sp³-hybridized carbons (Fsp3) is 0.182. The van der Waals surface area contributed by atoms with Gasteiger partial charge in [-0.15, -0.1) is 0 Å². The van der Waals surface area contributed by atoms with E-state index in [1.165, 1.54) is 29.7 Å². The Balaban J connectivity index is 1.79. The van der Waals surface area contributed by atoms with Gasteiger partial charge in [0.1, 0.15) is 16.5 Å². The molecular weight excluding hydrogens is 432 g/mol. The fourth-order valence-electron chi connectivity index (χ4n) is 3.55. The van der Waals surface area contributed by atoms with Crippen LogP contribution in [-0.4, -0.2) is 45.2 Å². The highest BCUT2D eigenvalue weighted by molar-refractivity contribution is 7.93. The van der Waals surface area contributed by atoms with Crippen molar-refractivity contribution in [2.45, 2.75) is 11.8 Å². The van der Waals surface area contributed by atoms with E-state index in [9.17, 15) is 18.3 Å². The van der Waals surface area contributed by atoms with Crippen molar-refractivity contribution in [1.82, 2.24) is 4.98 Å². The van der Waals surface area contributed by atoms with Gasteiger partial charge in [-0.2, -0.15) is 0 Å². The summed E-state index contributed by atoms with van der Waals surface area (Å²) in [5.41, 5.74) is 2.27. The van der Waals surface area contributed by atoms with Gasteiger partial charge in [0.25, 0.3) is 10.0 Å². The lowest BCUT2D eigenvalue weighted by molar-refractivity contribution is 0.0696. The van der Waals surface area contributed by atoms with E-state index >= 15 is 0 Å². The number of pyridine rings is 1. The van der Waals surface area contributed by atoms with E-state index in [4.69, 9.17) is 4.74 Å². The molecule has 2 aromatic carbocycles. The molecule has 1 aromatic heterocycles. The minimum atomic E-state index is -3.75. The van der Waals surface area contributed by atoms with Crippen molar-refractivity contribution in [2.24, 2.45) is 0 Å². The summed E-state index contributed by atoms with van der Waals surface area (Å²) in [5.74, 6) is -0.224. The first-order valence-electron chi connectivity index (χ1n) is 9.83. The topological polar surface area (TPSA) is 112 Å². The molecule has 166 valence electrons. The fourth-order valence-corrected chi connectivity index (χ4v) is 4.96. The number of aromatic carboxylic acids is 1. The summed E-state index contributed by atoms with van der Waals surface area (Å²) in [4.78, 5) is 17.7. The van der Waals surface area contributed by atoms with Gasteiger partial charge in [-0.1, -0.05) is 12.1 Å². The van der Waals surface area contributed by atoms with Gasteiger partial charge in [0.2, 0.25) is 0 Å². The van der Waals surface area contributed by atoms with Gasteiger partial charge in [0.15, 0.2) is 0 Å². The second-order valence-corrected chi connectivity index (χ2v) is 9.07. The number of carboxylic acids is 1. The summed E-state index contributed by atoms with van der Waals surface area (Å²) < 4.78 is 33.0. The number of nitrogens with one attached hydrogen (secondary N) is 1. The van der Waals surface area contributed by atoms with Gasteiger partial charge in [0, 0.05) is 20.2 Å². The molecule has 1 aliphatic heterocycles. The molecule has 4 rings (SSSR count). The van der Waals surface area contributed by atoms with Crippen LogP contribution in [0.4, 0.5) is 28.6 Å². The van der Waals surface area contributed by atoms with Crippen molar-refractivity contribution in [3.05, 3.63) is 60.3 Å². The van der Waals surface area contributed by atoms with E-state index in [0.29, 0.717) is 40.9 Å². The molecule has 0 amide bonds. The summed E-state index contributed by atoms with van der Waals surface area (Å²) in [7, 11) is -0.455. The largest absolute Gasteiger partial charge is 0.492 e. The predicted octanol–water partition coefficient (Wildman–Crippen LogP) is 3.83. The average Bonchev–Trinajstić information content (AvgIpc) is 2.84. The van der Waals surface area contributed by atoms with Gasteiger partial charge in [-0.25, -0.2) is 18.2 Å². The summed E-state index contributed by atoms with van der Waals surface area (Å²) in [6, 6.07) is 13.1. The Labute approximate surface area is 185 Å². The molecule has 2 N–H and O–H groups in total. The quantitative estimate of drug-likeness (QED) is 0.598. The Bertz CT molecular complexity index is 1310. The number of aromatic nitrogens is 1. The lowest BCUT2D eigenvalue weighted by Crippen LogP contribution is -2.25. The first-order valence-corrected chi connectivity index (χ1v) is 11.3. The van der Waals surface area contributed by atoms with Crippen LogP contribution in [-0.2, 0) is 10.0 Å². The van der Waals surface area contributed by atoms with Gasteiger partial charge in [-0.05, 0) is 37.3 Å². The molecule has 10 heteroatoms. The predicted molar refractivity (Wildman–Crippen MR) is 122 cm³/mol. The van der Waals surface area contributed by atoms with Crippen LogP contribution in [0.1, 0.15) is 17.3 Å². The lowest BCUT2D eigenvalue weighted by Gasteiger charge is -2.22. The molecule has 0 saturated heterocycles. The summed E-state index contributed by atoms with van der Waals surface area (Å²) in [5, 5.41) is 12.4. The standard InChI is InChI=1S/C22H22N4O5S/c1-4-31-19-11-14(22(27)28)9-10-15(19)24-21-12-17-18(13-23-21)26(3)32(29,30)20-8-6-5-7-16(20)25(17)2/h5-13H,4H2,1-3H3,(H,23,24)(H,27,28). The van der Waals surface area contributed by atoms with Gasteiger partial charge < -0.3 is 20.1 Å². The maximum atomic E-state index is 13.1. The molecule has 0 aliphatic carbocycles. The molecule has 1 aliphatic rings. The van der Waals surface area contributed by atoms with Gasteiger partial charge >= 0.3 is 5.97 Å². The Morgan fingerprint density at radius 1 is 1.09 bits per heavy atom. The van der Waals surface area contributed by atoms with E-state index in [2.05, 4.69) is 10.3 Å².